The third kappa shape index (κ3) is 3.45. The van der Waals surface area contributed by atoms with Gasteiger partial charge in [0, 0.05) is 12.6 Å². The highest BCUT2D eigenvalue weighted by Crippen LogP contribution is 2.24. The van der Waals surface area contributed by atoms with E-state index in [9.17, 15) is 9.50 Å². The molecule has 0 spiro atoms. The Bertz CT molecular complexity index is 423. The molecule has 1 aromatic rings. The van der Waals surface area contributed by atoms with Crippen LogP contribution in [0.4, 0.5) is 4.39 Å². The van der Waals surface area contributed by atoms with Crippen molar-refractivity contribution >= 4 is 0 Å². The molecule has 106 valence electrons. The van der Waals surface area contributed by atoms with Crippen LogP contribution in [0.3, 0.4) is 0 Å². The highest BCUT2D eigenvalue weighted by atomic mass is 19.1. The summed E-state index contributed by atoms with van der Waals surface area (Å²) in [6, 6.07) is 5.24. The van der Waals surface area contributed by atoms with E-state index in [1.807, 2.05) is 13.0 Å². The molecular weight excluding hydrogens is 245 g/mol. The maximum absolute atomic E-state index is 13.7. The molecule has 0 aromatic heterocycles. The third-order valence-electron chi connectivity index (χ3n) is 3.82. The summed E-state index contributed by atoms with van der Waals surface area (Å²) in [5, 5.41) is 9.83. The van der Waals surface area contributed by atoms with Gasteiger partial charge in [-0.05, 0) is 44.0 Å². The van der Waals surface area contributed by atoms with Crippen molar-refractivity contribution in [3.05, 3.63) is 29.6 Å². The van der Waals surface area contributed by atoms with Crippen LogP contribution in [0.5, 0.6) is 5.75 Å². The largest absolute Gasteiger partial charge is 0.494 e. The average molecular weight is 267 g/mol. The van der Waals surface area contributed by atoms with Gasteiger partial charge in [0.2, 0.25) is 0 Å². The van der Waals surface area contributed by atoms with E-state index >= 15 is 0 Å². The van der Waals surface area contributed by atoms with E-state index in [0.717, 1.165) is 31.4 Å². The number of methoxy groups -OCH3 is 1. The van der Waals surface area contributed by atoms with Crippen molar-refractivity contribution in [3.63, 3.8) is 0 Å². The van der Waals surface area contributed by atoms with Gasteiger partial charge in [-0.1, -0.05) is 12.5 Å². The summed E-state index contributed by atoms with van der Waals surface area (Å²) in [7, 11) is 1.46. The molecule has 2 unspecified atom stereocenters. The van der Waals surface area contributed by atoms with Crippen LogP contribution in [0.25, 0.3) is 0 Å². The van der Waals surface area contributed by atoms with Crippen LogP contribution in [0, 0.1) is 5.82 Å². The number of piperidine rings is 1. The zero-order valence-electron chi connectivity index (χ0n) is 11.6. The Morgan fingerprint density at radius 3 is 2.89 bits per heavy atom. The molecule has 0 bridgehead atoms. The van der Waals surface area contributed by atoms with Crippen LogP contribution in [-0.4, -0.2) is 35.8 Å². The molecule has 4 heteroatoms. The lowest BCUT2D eigenvalue weighted by Crippen LogP contribution is -2.45. The summed E-state index contributed by atoms with van der Waals surface area (Å²) in [6.45, 7) is 3.47. The number of likely N-dealkylation sites (tertiary alicyclic amines) is 1. The smallest absolute Gasteiger partial charge is 0.165 e. The monoisotopic (exact) mass is 267 g/mol. The van der Waals surface area contributed by atoms with Gasteiger partial charge in [0.05, 0.1) is 13.2 Å². The predicted molar refractivity (Wildman–Crippen MR) is 72.7 cm³/mol. The minimum Gasteiger partial charge on any atom is -0.494 e. The number of hydrogen-bond acceptors (Lipinski definition) is 3. The Kier molecular flexibility index (Phi) is 4.77. The maximum atomic E-state index is 13.7. The number of ether oxygens (including phenoxy) is 1. The van der Waals surface area contributed by atoms with Crippen molar-refractivity contribution in [2.45, 2.75) is 44.9 Å². The number of halogens is 1. The van der Waals surface area contributed by atoms with Crippen molar-refractivity contribution in [3.8, 4) is 5.75 Å². The van der Waals surface area contributed by atoms with Gasteiger partial charge in [0.15, 0.2) is 11.6 Å². The van der Waals surface area contributed by atoms with Crippen LogP contribution >= 0.6 is 0 Å². The molecule has 2 rings (SSSR count). The third-order valence-corrected chi connectivity index (χ3v) is 3.82. The lowest BCUT2D eigenvalue weighted by molar-refractivity contribution is 0.0316. The lowest BCUT2D eigenvalue weighted by Gasteiger charge is -2.37. The first-order chi connectivity index (χ1) is 9.11. The molecule has 1 aliphatic rings. The van der Waals surface area contributed by atoms with Crippen molar-refractivity contribution in [2.24, 2.45) is 0 Å². The number of nitrogens with zero attached hydrogens (tertiary/aromatic N) is 1. The minimum absolute atomic E-state index is 0.180. The van der Waals surface area contributed by atoms with Gasteiger partial charge in [-0.25, -0.2) is 4.39 Å². The van der Waals surface area contributed by atoms with E-state index < -0.39 is 0 Å². The number of benzene rings is 1. The van der Waals surface area contributed by atoms with Gasteiger partial charge < -0.3 is 9.84 Å². The standard InChI is InChI=1S/C15H22FNO2/c1-11(18)14-5-3-4-8-17(14)10-12-6-7-15(19-2)13(16)9-12/h6-7,9,11,14,18H,3-5,8,10H2,1-2H3. The van der Waals surface area contributed by atoms with E-state index in [1.165, 1.54) is 13.2 Å². The Hall–Kier alpha value is -1.13. The molecule has 3 nitrogen and oxygen atoms in total. The van der Waals surface area contributed by atoms with Gasteiger partial charge in [-0.3, -0.25) is 4.90 Å². The molecule has 2 atom stereocenters. The highest BCUT2D eigenvalue weighted by molar-refractivity contribution is 5.29. The molecule has 1 fully saturated rings. The summed E-state index contributed by atoms with van der Waals surface area (Å²) in [5.41, 5.74) is 0.922. The topological polar surface area (TPSA) is 32.7 Å². The number of rotatable bonds is 4. The van der Waals surface area contributed by atoms with Crippen LogP contribution in [0.2, 0.25) is 0 Å². The summed E-state index contributed by atoms with van der Waals surface area (Å²) in [5.74, 6) is -0.0555. The predicted octanol–water partition coefficient (Wildman–Crippen LogP) is 2.57. The summed E-state index contributed by atoms with van der Waals surface area (Å²) in [6.07, 6.45) is 2.96. The first kappa shape index (κ1) is 14.3. The van der Waals surface area contributed by atoms with Gasteiger partial charge >= 0.3 is 0 Å². The van der Waals surface area contributed by atoms with Crippen LogP contribution in [0.15, 0.2) is 18.2 Å². The molecule has 1 heterocycles. The molecule has 0 aliphatic carbocycles. The van der Waals surface area contributed by atoms with Gasteiger partial charge in [0.25, 0.3) is 0 Å². The summed E-state index contributed by atoms with van der Waals surface area (Å²) in [4.78, 5) is 2.25. The zero-order valence-corrected chi connectivity index (χ0v) is 11.6. The quantitative estimate of drug-likeness (QED) is 0.910. The Morgan fingerprint density at radius 2 is 2.26 bits per heavy atom. The molecule has 0 radical (unpaired) electrons. The first-order valence-electron chi connectivity index (χ1n) is 6.86. The van der Waals surface area contributed by atoms with Gasteiger partial charge in [-0.2, -0.15) is 0 Å². The second-order valence-electron chi connectivity index (χ2n) is 5.24. The fraction of sp³-hybridized carbons (Fsp3) is 0.600. The summed E-state index contributed by atoms with van der Waals surface area (Å²) >= 11 is 0. The van der Waals surface area contributed by atoms with Crippen LogP contribution in [-0.2, 0) is 6.54 Å². The van der Waals surface area contributed by atoms with Crippen molar-refractivity contribution in [1.29, 1.82) is 0 Å². The molecule has 0 amide bonds. The average Bonchev–Trinajstić information content (AvgIpc) is 2.39. The van der Waals surface area contributed by atoms with Gasteiger partial charge in [-0.15, -0.1) is 0 Å². The van der Waals surface area contributed by atoms with Crippen molar-refractivity contribution < 1.29 is 14.2 Å². The summed E-state index contributed by atoms with van der Waals surface area (Å²) < 4.78 is 18.6. The second-order valence-corrected chi connectivity index (χ2v) is 5.24. The van der Waals surface area contributed by atoms with E-state index in [2.05, 4.69) is 4.90 Å². The Balaban J connectivity index is 2.08. The molecular formula is C15H22FNO2. The van der Waals surface area contributed by atoms with Crippen molar-refractivity contribution in [2.75, 3.05) is 13.7 Å². The highest BCUT2D eigenvalue weighted by Gasteiger charge is 2.26. The maximum Gasteiger partial charge on any atom is 0.165 e. The molecule has 19 heavy (non-hydrogen) atoms. The fourth-order valence-corrected chi connectivity index (χ4v) is 2.80. The second kappa shape index (κ2) is 6.35. The Labute approximate surface area is 114 Å². The van der Waals surface area contributed by atoms with Crippen LogP contribution < -0.4 is 4.74 Å². The number of aliphatic hydroxyl groups is 1. The SMILES string of the molecule is COc1ccc(CN2CCCCC2C(C)O)cc1F. The molecule has 1 aromatic carbocycles. The minimum atomic E-state index is -0.344. The van der Waals surface area contributed by atoms with E-state index in [-0.39, 0.29) is 23.7 Å². The van der Waals surface area contributed by atoms with Crippen molar-refractivity contribution in [1.82, 2.24) is 4.90 Å². The van der Waals surface area contributed by atoms with Crippen LogP contribution in [0.1, 0.15) is 31.7 Å². The number of hydrogen-bond donors (Lipinski definition) is 1. The zero-order chi connectivity index (χ0) is 13.8. The number of aliphatic hydroxyl groups excluding tert-OH is 1. The Morgan fingerprint density at radius 1 is 1.47 bits per heavy atom. The molecule has 1 aliphatic heterocycles. The molecule has 1 saturated heterocycles. The molecule has 0 saturated carbocycles. The van der Waals surface area contributed by atoms with E-state index in [0.29, 0.717) is 6.54 Å². The van der Waals surface area contributed by atoms with Gasteiger partial charge in [0.1, 0.15) is 0 Å². The normalized spacial score (nSPS) is 22.2. The molecule has 1 N–H and O–H groups in total. The lowest BCUT2D eigenvalue weighted by atomic mass is 9.97. The van der Waals surface area contributed by atoms with E-state index in [1.54, 1.807) is 6.07 Å². The first-order valence-corrected chi connectivity index (χ1v) is 6.86. The fourth-order valence-electron chi connectivity index (χ4n) is 2.80. The van der Waals surface area contributed by atoms with E-state index in [4.69, 9.17) is 4.74 Å².